The van der Waals surface area contributed by atoms with Crippen LogP contribution in [-0.2, 0) is 6.18 Å². The molecule has 0 aliphatic carbocycles. The van der Waals surface area contributed by atoms with Gasteiger partial charge in [0.05, 0.1) is 5.56 Å². The molecule has 2 aromatic heterocycles. The van der Waals surface area contributed by atoms with E-state index in [0.717, 1.165) is 49.1 Å². The van der Waals surface area contributed by atoms with Crippen molar-refractivity contribution in [1.82, 2.24) is 15.3 Å². The number of alkyl halides is 3. The lowest BCUT2D eigenvalue weighted by molar-refractivity contribution is -0.141. The normalized spacial score (nSPS) is 15.5. The summed E-state index contributed by atoms with van der Waals surface area (Å²) in [4.78, 5) is 20.7. The zero-order chi connectivity index (χ0) is 17.2. The Kier molecular flexibility index (Phi) is 6.36. The summed E-state index contributed by atoms with van der Waals surface area (Å²) in [5.74, 6) is -0.0930. The number of carbonyl (C=O) groups excluding carboxylic acids is 1. The predicted molar refractivity (Wildman–Crippen MR) is 91.4 cm³/mol. The van der Waals surface area contributed by atoms with Crippen LogP contribution in [0.2, 0.25) is 0 Å². The molecular weight excluding hydrogens is 377 g/mol. The van der Waals surface area contributed by atoms with E-state index in [1.807, 2.05) is 0 Å². The summed E-state index contributed by atoms with van der Waals surface area (Å²) in [6, 6.07) is 1.89. The van der Waals surface area contributed by atoms with Crippen LogP contribution in [0.1, 0.15) is 39.7 Å². The first-order valence-electron chi connectivity index (χ1n) is 7.44. The molecule has 2 aromatic rings. The maximum absolute atomic E-state index is 12.5. The Morgan fingerprint density at radius 1 is 1.20 bits per heavy atom. The van der Waals surface area contributed by atoms with Gasteiger partial charge in [-0.3, -0.25) is 15.1 Å². The molecule has 0 aromatic carbocycles. The number of thiazole rings is 1. The molecule has 1 saturated heterocycles. The molecule has 1 aliphatic rings. The quantitative estimate of drug-likeness (QED) is 0.835. The zero-order valence-electron chi connectivity index (χ0n) is 13.0. The average molecular weight is 393 g/mol. The largest absolute Gasteiger partial charge is 0.433 e. The van der Waals surface area contributed by atoms with Gasteiger partial charge in [0.1, 0.15) is 5.69 Å². The SMILES string of the molecule is Cl.O=C(Nc1ncc(C2CCNCC2)s1)c1ccc(C(F)(F)F)nc1. The topological polar surface area (TPSA) is 66.9 Å². The first-order chi connectivity index (χ1) is 11.4. The molecule has 0 bridgehead atoms. The number of carbonyl (C=O) groups is 1. The fourth-order valence-electron chi connectivity index (χ4n) is 2.50. The lowest BCUT2D eigenvalue weighted by Gasteiger charge is -2.20. The minimum atomic E-state index is -4.52. The van der Waals surface area contributed by atoms with Gasteiger partial charge in [-0.05, 0) is 44.0 Å². The second-order valence-corrected chi connectivity index (χ2v) is 6.54. The summed E-state index contributed by atoms with van der Waals surface area (Å²) in [5.41, 5.74) is -0.969. The van der Waals surface area contributed by atoms with Crippen LogP contribution in [0.5, 0.6) is 0 Å². The van der Waals surface area contributed by atoms with Crippen molar-refractivity contribution in [3.8, 4) is 0 Å². The molecule has 2 N–H and O–H groups in total. The molecule has 0 radical (unpaired) electrons. The third-order valence-electron chi connectivity index (χ3n) is 3.80. The Morgan fingerprint density at radius 3 is 2.52 bits per heavy atom. The number of pyridine rings is 1. The molecule has 0 unspecified atom stereocenters. The minimum absolute atomic E-state index is 0. The van der Waals surface area contributed by atoms with Gasteiger partial charge in [0.25, 0.3) is 5.91 Å². The molecule has 10 heteroatoms. The second-order valence-electron chi connectivity index (χ2n) is 5.48. The van der Waals surface area contributed by atoms with Crippen LogP contribution in [0.15, 0.2) is 24.5 Å². The third kappa shape index (κ3) is 4.90. The molecule has 1 amide bonds. The number of piperidine rings is 1. The highest BCUT2D eigenvalue weighted by atomic mass is 35.5. The standard InChI is InChI=1S/C15H15F3N4OS.ClH/c16-15(17,18)12-2-1-10(7-20-12)13(23)22-14-21-8-11(24-14)9-3-5-19-6-4-9;/h1-2,7-9,19H,3-6H2,(H,21,22,23);1H. The van der Waals surface area contributed by atoms with Gasteiger partial charge in [0.2, 0.25) is 0 Å². The van der Waals surface area contributed by atoms with Crippen molar-refractivity contribution in [3.05, 3.63) is 40.7 Å². The van der Waals surface area contributed by atoms with Crippen LogP contribution in [0, 0.1) is 0 Å². The van der Waals surface area contributed by atoms with Crippen LogP contribution in [0.3, 0.4) is 0 Å². The van der Waals surface area contributed by atoms with E-state index in [1.54, 1.807) is 6.20 Å². The molecule has 0 atom stereocenters. The maximum atomic E-state index is 12.5. The zero-order valence-corrected chi connectivity index (χ0v) is 14.6. The molecule has 0 spiro atoms. The van der Waals surface area contributed by atoms with Gasteiger partial charge >= 0.3 is 6.18 Å². The average Bonchev–Trinajstić information content (AvgIpc) is 3.03. The van der Waals surface area contributed by atoms with E-state index < -0.39 is 17.8 Å². The molecule has 1 fully saturated rings. The molecular formula is C15H16ClF3N4OS. The highest BCUT2D eigenvalue weighted by molar-refractivity contribution is 7.15. The lowest BCUT2D eigenvalue weighted by atomic mass is 9.97. The van der Waals surface area contributed by atoms with Crippen LogP contribution < -0.4 is 10.6 Å². The monoisotopic (exact) mass is 392 g/mol. The highest BCUT2D eigenvalue weighted by Crippen LogP contribution is 2.32. The van der Waals surface area contributed by atoms with E-state index in [0.29, 0.717) is 11.0 Å². The van der Waals surface area contributed by atoms with Crippen molar-refractivity contribution in [2.45, 2.75) is 24.9 Å². The number of nitrogens with zero attached hydrogens (tertiary/aromatic N) is 2. The number of nitrogens with one attached hydrogen (secondary N) is 2. The van der Waals surface area contributed by atoms with Gasteiger partial charge in [-0.15, -0.1) is 23.7 Å². The Morgan fingerprint density at radius 2 is 1.92 bits per heavy atom. The summed E-state index contributed by atoms with van der Waals surface area (Å²) >= 11 is 1.40. The van der Waals surface area contributed by atoms with Crippen LogP contribution in [0.25, 0.3) is 0 Å². The van der Waals surface area contributed by atoms with Crippen LogP contribution >= 0.6 is 23.7 Å². The minimum Gasteiger partial charge on any atom is -0.317 e. The number of amides is 1. The third-order valence-corrected chi connectivity index (χ3v) is 4.88. The van der Waals surface area contributed by atoms with Crippen molar-refractivity contribution in [3.63, 3.8) is 0 Å². The fraction of sp³-hybridized carbons (Fsp3) is 0.400. The first kappa shape index (κ1) is 19.6. The van der Waals surface area contributed by atoms with Gasteiger partial charge in [0, 0.05) is 17.3 Å². The molecule has 0 saturated carbocycles. The lowest BCUT2D eigenvalue weighted by Crippen LogP contribution is -2.26. The van der Waals surface area contributed by atoms with Gasteiger partial charge < -0.3 is 5.32 Å². The molecule has 5 nitrogen and oxygen atoms in total. The van der Waals surface area contributed by atoms with Gasteiger partial charge in [-0.25, -0.2) is 4.98 Å². The number of hydrogen-bond acceptors (Lipinski definition) is 5. The summed E-state index contributed by atoms with van der Waals surface area (Å²) in [6.45, 7) is 1.92. The predicted octanol–water partition coefficient (Wildman–Crippen LogP) is 3.70. The number of halogens is 4. The van der Waals surface area contributed by atoms with E-state index in [-0.39, 0.29) is 18.0 Å². The van der Waals surface area contributed by atoms with E-state index in [2.05, 4.69) is 20.6 Å². The summed E-state index contributed by atoms with van der Waals surface area (Å²) < 4.78 is 37.4. The van der Waals surface area contributed by atoms with Crippen LogP contribution in [-0.4, -0.2) is 29.0 Å². The second kappa shape index (κ2) is 8.11. The van der Waals surface area contributed by atoms with E-state index in [1.165, 1.54) is 11.3 Å². The van der Waals surface area contributed by atoms with Crippen LogP contribution in [0.4, 0.5) is 18.3 Å². The van der Waals surface area contributed by atoms with Gasteiger partial charge in [-0.2, -0.15) is 13.2 Å². The number of hydrogen-bond donors (Lipinski definition) is 2. The maximum Gasteiger partial charge on any atom is 0.433 e. The Bertz CT molecular complexity index is 714. The summed E-state index contributed by atoms with van der Waals surface area (Å²) in [7, 11) is 0. The number of rotatable bonds is 3. The first-order valence-corrected chi connectivity index (χ1v) is 8.26. The number of anilines is 1. The molecule has 1 aliphatic heterocycles. The summed E-state index contributed by atoms with van der Waals surface area (Å²) in [5, 5.41) is 6.33. The van der Waals surface area contributed by atoms with Crippen molar-refractivity contribution in [1.29, 1.82) is 0 Å². The van der Waals surface area contributed by atoms with E-state index in [4.69, 9.17) is 0 Å². The fourth-order valence-corrected chi connectivity index (χ4v) is 3.48. The van der Waals surface area contributed by atoms with Gasteiger partial charge in [-0.1, -0.05) is 0 Å². The van der Waals surface area contributed by atoms with Crippen molar-refractivity contribution >= 4 is 34.8 Å². The Balaban J connectivity index is 0.00000225. The Hall–Kier alpha value is -1.71. The smallest absolute Gasteiger partial charge is 0.317 e. The summed E-state index contributed by atoms with van der Waals surface area (Å²) in [6.07, 6.45) is 0.200. The van der Waals surface area contributed by atoms with E-state index in [9.17, 15) is 18.0 Å². The Labute approximate surface area is 152 Å². The molecule has 3 heterocycles. The molecule has 136 valence electrons. The number of aromatic nitrogens is 2. The van der Waals surface area contributed by atoms with Crippen molar-refractivity contribution in [2.24, 2.45) is 0 Å². The highest BCUT2D eigenvalue weighted by Gasteiger charge is 2.32. The molecule has 3 rings (SSSR count). The van der Waals surface area contributed by atoms with Crippen molar-refractivity contribution < 1.29 is 18.0 Å². The van der Waals surface area contributed by atoms with Crippen molar-refractivity contribution in [2.75, 3.05) is 18.4 Å². The molecule has 25 heavy (non-hydrogen) atoms. The van der Waals surface area contributed by atoms with E-state index >= 15 is 0 Å². The van der Waals surface area contributed by atoms with Gasteiger partial charge in [0.15, 0.2) is 5.13 Å².